The smallest absolute Gasteiger partial charge is 0.344 e. The molecule has 4 aliphatic rings. The number of fused-ring (bicyclic) bond motifs is 8. The maximum Gasteiger partial charge on any atom is 0.344 e. The zero-order chi connectivity index (χ0) is 32.6. The quantitative estimate of drug-likeness (QED) is 0.164. The van der Waals surface area contributed by atoms with Crippen LogP contribution >= 0.6 is 0 Å². The highest BCUT2D eigenvalue weighted by Gasteiger charge is 2.39. The second-order valence-electron chi connectivity index (χ2n) is 14.1. The molecule has 5 aromatic carbocycles. The van der Waals surface area contributed by atoms with E-state index >= 15 is 0 Å². The van der Waals surface area contributed by atoms with E-state index in [2.05, 4.69) is 89.2 Å². The number of hydrogen-bond donors (Lipinski definition) is 0. The van der Waals surface area contributed by atoms with Crippen molar-refractivity contribution >= 4 is 23.1 Å². The molecule has 9 rings (SSSR count). The van der Waals surface area contributed by atoms with E-state index in [-0.39, 0.29) is 10.8 Å². The molecule has 5 heteroatoms. The Hall–Kier alpha value is -5.42. The Morgan fingerprint density at radius 1 is 0.532 bits per heavy atom. The van der Waals surface area contributed by atoms with E-state index in [1.165, 1.54) is 38.9 Å². The molecule has 0 atom stereocenters. The molecule has 0 aromatic heterocycles. The van der Waals surface area contributed by atoms with Crippen LogP contribution in [-0.2, 0) is 20.4 Å². The van der Waals surface area contributed by atoms with Gasteiger partial charge in [-0.25, -0.2) is 9.59 Å². The minimum atomic E-state index is -0.418. The Kier molecular flexibility index (Phi) is 5.39. The summed E-state index contributed by atoms with van der Waals surface area (Å²) in [4.78, 5) is 27.0. The van der Waals surface area contributed by atoms with Gasteiger partial charge in [0.15, 0.2) is 0 Å². The lowest BCUT2D eigenvalue weighted by Gasteiger charge is -2.22. The molecule has 0 spiro atoms. The van der Waals surface area contributed by atoms with E-state index in [1.807, 2.05) is 18.2 Å². The maximum absolute atomic E-state index is 13.5. The van der Waals surface area contributed by atoms with Crippen LogP contribution in [0.1, 0.15) is 66.6 Å². The van der Waals surface area contributed by atoms with Gasteiger partial charge in [0.1, 0.15) is 17.2 Å². The van der Waals surface area contributed by atoms with Gasteiger partial charge in [-0.05, 0) is 99.0 Å². The van der Waals surface area contributed by atoms with Crippen LogP contribution in [0.2, 0.25) is 0 Å². The standard InChI is InChI=1S/C42H32O5/c1-21-7-11-25-26-12-8-22(16-32(26)41(2,3)31(25)15-21)37-29-19-36-30(20-35(29)46-39(37)43)38(40(44)47-36)23-9-13-27-28-14-10-24(45-6)18-34(28)42(4,5)33(27)17-23/h7-20H,1-6H3. The number of carbonyl (C=O) groups excluding carboxylic acids is 2. The second-order valence-corrected chi connectivity index (χ2v) is 14.1. The Bertz CT molecular complexity index is 2440. The first-order valence-corrected chi connectivity index (χ1v) is 15.9. The number of carbonyl (C=O) groups is 2. The van der Waals surface area contributed by atoms with Crippen molar-refractivity contribution in [3.05, 3.63) is 134 Å². The largest absolute Gasteiger partial charge is 0.497 e. The summed E-state index contributed by atoms with van der Waals surface area (Å²) in [6.45, 7) is 10.9. The van der Waals surface area contributed by atoms with Crippen molar-refractivity contribution in [3.63, 3.8) is 0 Å². The molecule has 0 N–H and O–H groups in total. The van der Waals surface area contributed by atoms with Crippen LogP contribution in [0.5, 0.6) is 17.2 Å². The average molecular weight is 617 g/mol. The average Bonchev–Trinajstić information content (AvgIpc) is 3.69. The highest BCUT2D eigenvalue weighted by molar-refractivity contribution is 6.21. The highest BCUT2D eigenvalue weighted by Crippen LogP contribution is 2.51. The van der Waals surface area contributed by atoms with Gasteiger partial charge in [-0.15, -0.1) is 0 Å². The van der Waals surface area contributed by atoms with E-state index in [4.69, 9.17) is 14.2 Å². The molecule has 0 saturated heterocycles. The molecule has 0 fully saturated rings. The number of hydrogen-bond acceptors (Lipinski definition) is 5. The molecule has 0 radical (unpaired) electrons. The number of aryl methyl sites for hydroxylation is 1. The van der Waals surface area contributed by atoms with E-state index in [1.54, 1.807) is 19.2 Å². The van der Waals surface area contributed by atoms with E-state index in [9.17, 15) is 9.59 Å². The fraction of sp³-hybridized carbons (Fsp3) is 0.190. The van der Waals surface area contributed by atoms with Crippen LogP contribution in [0.4, 0.5) is 0 Å². The lowest BCUT2D eigenvalue weighted by Crippen LogP contribution is -2.16. The number of esters is 2. The van der Waals surface area contributed by atoms with Crippen LogP contribution in [0.25, 0.3) is 33.4 Å². The van der Waals surface area contributed by atoms with Gasteiger partial charge in [-0.3, -0.25) is 0 Å². The van der Waals surface area contributed by atoms with Crippen molar-refractivity contribution in [2.75, 3.05) is 7.11 Å². The van der Waals surface area contributed by atoms with Gasteiger partial charge in [-0.1, -0.05) is 81.8 Å². The molecule has 0 unspecified atom stereocenters. The summed E-state index contributed by atoms with van der Waals surface area (Å²) < 4.78 is 17.3. The Morgan fingerprint density at radius 3 is 1.45 bits per heavy atom. The lowest BCUT2D eigenvalue weighted by atomic mass is 9.81. The molecule has 0 amide bonds. The molecular formula is C42H32O5. The normalized spacial score (nSPS) is 17.0. The third-order valence-electron chi connectivity index (χ3n) is 10.7. The monoisotopic (exact) mass is 616 g/mol. The van der Waals surface area contributed by atoms with Crippen LogP contribution in [0, 0.1) is 6.92 Å². The van der Waals surface area contributed by atoms with Crippen LogP contribution < -0.4 is 24.6 Å². The first-order chi connectivity index (χ1) is 22.5. The maximum atomic E-state index is 13.5. The predicted molar refractivity (Wildman–Crippen MR) is 181 cm³/mol. The van der Waals surface area contributed by atoms with E-state index < -0.39 is 11.9 Å². The van der Waals surface area contributed by atoms with Crippen LogP contribution in [0.15, 0.2) is 84.9 Å². The topological polar surface area (TPSA) is 61.8 Å². The predicted octanol–water partition coefficient (Wildman–Crippen LogP) is 6.85. The summed E-state index contributed by atoms with van der Waals surface area (Å²) >= 11 is 0. The zero-order valence-corrected chi connectivity index (χ0v) is 27.1. The Morgan fingerprint density at radius 2 is 0.957 bits per heavy atom. The van der Waals surface area contributed by atoms with E-state index in [0.717, 1.165) is 28.0 Å². The van der Waals surface area contributed by atoms with Crippen molar-refractivity contribution in [2.24, 2.45) is 0 Å². The Balaban J connectivity index is 1.18. The minimum absolute atomic E-state index is 0.214. The lowest BCUT2D eigenvalue weighted by molar-refractivity contribution is -0.128. The summed E-state index contributed by atoms with van der Waals surface area (Å²) in [5.41, 5.74) is 12.7. The Labute approximate surface area is 272 Å². The second kappa shape index (κ2) is 9.10. The first-order valence-electron chi connectivity index (χ1n) is 15.9. The first kappa shape index (κ1) is 27.9. The van der Waals surface area contributed by atoms with Gasteiger partial charge in [0.05, 0.1) is 18.3 Å². The van der Waals surface area contributed by atoms with Gasteiger partial charge in [0, 0.05) is 21.3 Å². The minimum Gasteiger partial charge on any atom is -0.497 e. The van der Waals surface area contributed by atoms with E-state index in [0.29, 0.717) is 33.1 Å². The molecule has 0 saturated carbocycles. The van der Waals surface area contributed by atoms with Crippen molar-refractivity contribution in [1.82, 2.24) is 0 Å². The van der Waals surface area contributed by atoms with Gasteiger partial charge >= 0.3 is 11.9 Å². The summed E-state index contributed by atoms with van der Waals surface area (Å²) in [5.74, 6) is 0.846. The highest BCUT2D eigenvalue weighted by atomic mass is 16.5. The molecule has 2 aliphatic heterocycles. The van der Waals surface area contributed by atoms with Crippen molar-refractivity contribution in [1.29, 1.82) is 0 Å². The van der Waals surface area contributed by atoms with Crippen molar-refractivity contribution in [2.45, 2.75) is 45.4 Å². The van der Waals surface area contributed by atoms with Gasteiger partial charge in [0.2, 0.25) is 0 Å². The fourth-order valence-electron chi connectivity index (χ4n) is 8.19. The summed E-state index contributed by atoms with van der Waals surface area (Å²) in [6, 6.07) is 28.7. The molecular weight excluding hydrogens is 584 g/mol. The SMILES string of the molecule is COc1ccc2c(c1)C(C)(C)c1cc(C3=c4cc5c(cc4OC3=O)=C(c3ccc4c(c3)C(C)(C)c3cc(C)ccc3-4)C(=O)O5)ccc1-2. The summed E-state index contributed by atoms with van der Waals surface area (Å²) in [7, 11) is 1.68. The molecule has 2 aliphatic carbocycles. The van der Waals surface area contributed by atoms with Gasteiger partial charge in [0.25, 0.3) is 0 Å². The molecule has 47 heavy (non-hydrogen) atoms. The number of benzene rings is 5. The molecule has 2 heterocycles. The molecule has 0 bridgehead atoms. The number of rotatable bonds is 3. The van der Waals surface area contributed by atoms with Crippen molar-refractivity contribution < 1.29 is 23.8 Å². The third-order valence-corrected chi connectivity index (χ3v) is 10.7. The van der Waals surface area contributed by atoms with Gasteiger partial charge < -0.3 is 14.2 Å². The van der Waals surface area contributed by atoms with Crippen LogP contribution in [0.3, 0.4) is 0 Å². The molecule has 230 valence electrons. The fourth-order valence-corrected chi connectivity index (χ4v) is 8.19. The van der Waals surface area contributed by atoms with Gasteiger partial charge in [-0.2, -0.15) is 0 Å². The summed E-state index contributed by atoms with van der Waals surface area (Å²) in [5, 5.41) is 1.25. The third kappa shape index (κ3) is 3.65. The van der Waals surface area contributed by atoms with Crippen LogP contribution in [-0.4, -0.2) is 19.0 Å². The summed E-state index contributed by atoms with van der Waals surface area (Å²) in [6.07, 6.45) is 0. The molecule has 5 aromatic rings. The number of ether oxygens (including phenoxy) is 3. The number of methoxy groups -OCH3 is 1. The van der Waals surface area contributed by atoms with Crippen molar-refractivity contribution in [3.8, 4) is 39.5 Å². The zero-order valence-electron chi connectivity index (χ0n) is 27.1. The molecule has 5 nitrogen and oxygen atoms in total.